The first-order valence-corrected chi connectivity index (χ1v) is 13.5. The van der Waals surface area contributed by atoms with Crippen molar-refractivity contribution in [3.05, 3.63) is 41.6 Å². The number of benzene rings is 1. The Hall–Kier alpha value is -3.06. The topological polar surface area (TPSA) is 86.1 Å². The second-order valence-corrected chi connectivity index (χ2v) is 11.1. The molecule has 1 unspecified atom stereocenters. The molecular weight excluding hydrogens is 493 g/mol. The third kappa shape index (κ3) is 5.53. The van der Waals surface area contributed by atoms with Gasteiger partial charge < -0.3 is 20.3 Å². The second kappa shape index (κ2) is 10.6. The van der Waals surface area contributed by atoms with Gasteiger partial charge in [0.05, 0.1) is 6.20 Å². The number of alkyl halides is 3. The lowest BCUT2D eigenvalue weighted by molar-refractivity contribution is -0.274. The summed E-state index contributed by atoms with van der Waals surface area (Å²) in [6.45, 7) is 7.52. The molecule has 1 aromatic heterocycles. The number of halogens is 3. The summed E-state index contributed by atoms with van der Waals surface area (Å²) in [6, 6.07) is 8.79. The van der Waals surface area contributed by atoms with E-state index in [-0.39, 0.29) is 23.7 Å². The highest BCUT2D eigenvalue weighted by atomic mass is 19.4. The molecule has 38 heavy (non-hydrogen) atoms. The Labute approximate surface area is 221 Å². The Morgan fingerprint density at radius 2 is 1.82 bits per heavy atom. The van der Waals surface area contributed by atoms with E-state index in [4.69, 9.17) is 0 Å². The highest BCUT2D eigenvalue weighted by Crippen LogP contribution is 2.61. The normalized spacial score (nSPS) is 27.8. The molecule has 1 heterocycles. The van der Waals surface area contributed by atoms with Crippen molar-refractivity contribution < 1.29 is 17.9 Å². The van der Waals surface area contributed by atoms with Crippen LogP contribution in [0.25, 0.3) is 0 Å². The first kappa shape index (κ1) is 26.5. The molecule has 4 fully saturated rings. The Morgan fingerprint density at radius 1 is 1.11 bits per heavy atom. The lowest BCUT2D eigenvalue weighted by Crippen LogP contribution is -2.60. The maximum atomic E-state index is 12.8. The van der Waals surface area contributed by atoms with Crippen molar-refractivity contribution in [2.45, 2.75) is 64.9 Å². The van der Waals surface area contributed by atoms with Gasteiger partial charge in [-0.25, -0.2) is 4.98 Å². The standard InChI is InChI=1S/C28H35F3N6O/c1-3-37(4-2)24-20-9-18-10-21(24)13-27(11-18,12-20)17-35-25-22(14-32)16-34-26(36-25)33-15-19-7-5-6-8-23(19)38-28(29,30)31/h5-8,16,18,20-21,24H,3-4,9-13,15,17H2,1-2H3,(H2,33,34,35,36)/t18?,20-,21+,24-,27+. The number of anilines is 2. The van der Waals surface area contributed by atoms with Crippen molar-refractivity contribution in [1.82, 2.24) is 14.9 Å². The van der Waals surface area contributed by atoms with Gasteiger partial charge in [-0.1, -0.05) is 32.0 Å². The van der Waals surface area contributed by atoms with Crippen LogP contribution in [0, 0.1) is 34.5 Å². The highest BCUT2D eigenvalue weighted by molar-refractivity contribution is 5.53. The van der Waals surface area contributed by atoms with E-state index in [1.54, 1.807) is 12.1 Å². The van der Waals surface area contributed by atoms with E-state index in [1.807, 2.05) is 0 Å². The van der Waals surface area contributed by atoms with E-state index in [9.17, 15) is 18.4 Å². The molecule has 0 spiro atoms. The molecule has 4 bridgehead atoms. The van der Waals surface area contributed by atoms with Gasteiger partial charge in [-0.15, -0.1) is 13.2 Å². The number of rotatable bonds is 10. The first-order valence-electron chi connectivity index (χ1n) is 13.5. The van der Waals surface area contributed by atoms with Gasteiger partial charge in [0.25, 0.3) is 0 Å². The number of aromatic nitrogens is 2. The molecular formula is C28H35F3N6O. The van der Waals surface area contributed by atoms with Crippen LogP contribution in [-0.4, -0.2) is 46.9 Å². The summed E-state index contributed by atoms with van der Waals surface area (Å²) in [5.41, 5.74) is 0.880. The van der Waals surface area contributed by atoms with Crippen LogP contribution < -0.4 is 15.4 Å². The number of nitrogens with zero attached hydrogens (tertiary/aromatic N) is 4. The second-order valence-electron chi connectivity index (χ2n) is 11.1. The molecule has 4 aliphatic carbocycles. The molecule has 10 heteroatoms. The quantitative estimate of drug-likeness (QED) is 0.403. The van der Waals surface area contributed by atoms with Crippen molar-refractivity contribution >= 4 is 11.8 Å². The smallest absolute Gasteiger partial charge is 0.405 e. The van der Waals surface area contributed by atoms with Crippen LogP contribution in [0.1, 0.15) is 57.1 Å². The van der Waals surface area contributed by atoms with Crippen molar-refractivity contribution in [3.63, 3.8) is 0 Å². The van der Waals surface area contributed by atoms with Gasteiger partial charge in [-0.3, -0.25) is 0 Å². The summed E-state index contributed by atoms with van der Waals surface area (Å²) < 4.78 is 42.4. The number of nitriles is 1. The average molecular weight is 529 g/mol. The Bertz CT molecular complexity index is 1160. The van der Waals surface area contributed by atoms with Crippen molar-refractivity contribution in [2.75, 3.05) is 30.3 Å². The summed E-state index contributed by atoms with van der Waals surface area (Å²) in [7, 11) is 0. The fourth-order valence-electron chi connectivity index (χ4n) is 7.63. The molecule has 4 aliphatic rings. The van der Waals surface area contributed by atoms with Gasteiger partial charge in [0.2, 0.25) is 5.95 Å². The molecule has 1 aromatic carbocycles. The lowest BCUT2D eigenvalue weighted by atomic mass is 9.47. The summed E-state index contributed by atoms with van der Waals surface area (Å²) in [4.78, 5) is 11.4. The molecule has 0 saturated heterocycles. The number of hydrogen-bond donors (Lipinski definition) is 2. The zero-order valence-corrected chi connectivity index (χ0v) is 21.9. The summed E-state index contributed by atoms with van der Waals surface area (Å²) >= 11 is 0. The minimum Gasteiger partial charge on any atom is -0.405 e. The molecule has 7 nitrogen and oxygen atoms in total. The number of nitrogens with one attached hydrogen (secondary N) is 2. The third-order valence-corrected chi connectivity index (χ3v) is 8.76. The molecule has 0 amide bonds. The van der Waals surface area contributed by atoms with Crippen LogP contribution in [0.4, 0.5) is 24.9 Å². The van der Waals surface area contributed by atoms with E-state index in [0.29, 0.717) is 23.0 Å². The van der Waals surface area contributed by atoms with Crippen molar-refractivity contribution in [1.29, 1.82) is 5.26 Å². The number of para-hydroxylation sites is 1. The zero-order valence-electron chi connectivity index (χ0n) is 21.9. The van der Waals surface area contributed by atoms with Gasteiger partial charge in [0.15, 0.2) is 0 Å². The molecule has 0 aliphatic heterocycles. The molecule has 204 valence electrons. The molecule has 2 aromatic rings. The van der Waals surface area contributed by atoms with Gasteiger partial charge in [0, 0.05) is 24.7 Å². The van der Waals surface area contributed by atoms with Gasteiger partial charge in [-0.2, -0.15) is 10.2 Å². The van der Waals surface area contributed by atoms with Gasteiger partial charge in [-0.05, 0) is 74.4 Å². The predicted molar refractivity (Wildman–Crippen MR) is 138 cm³/mol. The van der Waals surface area contributed by atoms with Crippen LogP contribution in [0.2, 0.25) is 0 Å². The molecule has 0 radical (unpaired) electrons. The average Bonchev–Trinajstić information content (AvgIpc) is 2.88. The Balaban J connectivity index is 1.27. The van der Waals surface area contributed by atoms with Gasteiger partial charge >= 0.3 is 6.36 Å². The predicted octanol–water partition coefficient (Wildman–Crippen LogP) is 5.81. The van der Waals surface area contributed by atoms with E-state index in [2.05, 4.69) is 50.2 Å². The maximum absolute atomic E-state index is 12.8. The highest BCUT2D eigenvalue weighted by Gasteiger charge is 2.56. The largest absolute Gasteiger partial charge is 0.573 e. The summed E-state index contributed by atoms with van der Waals surface area (Å²) in [5, 5.41) is 16.1. The number of ether oxygens (including phenoxy) is 1. The monoisotopic (exact) mass is 528 g/mol. The minimum absolute atomic E-state index is 0.0410. The van der Waals surface area contributed by atoms with Crippen LogP contribution >= 0.6 is 0 Å². The minimum atomic E-state index is -4.78. The van der Waals surface area contributed by atoms with Crippen LogP contribution in [-0.2, 0) is 6.54 Å². The SMILES string of the molecule is CCN(CC)[C@@H]1[C@@H]2CC3C[C@H]1C[C@](CNc1nc(NCc4ccccc4OC(F)(F)F)ncc1C#N)(C3)C2. The van der Waals surface area contributed by atoms with Gasteiger partial charge in [0.1, 0.15) is 23.2 Å². The zero-order chi connectivity index (χ0) is 26.9. The van der Waals surface area contributed by atoms with E-state index < -0.39 is 6.36 Å². The van der Waals surface area contributed by atoms with Crippen molar-refractivity contribution in [3.8, 4) is 11.8 Å². The van der Waals surface area contributed by atoms with E-state index in [1.165, 1.54) is 50.4 Å². The summed E-state index contributed by atoms with van der Waals surface area (Å²) in [6.07, 6.45) is 2.93. The van der Waals surface area contributed by atoms with Crippen molar-refractivity contribution in [2.24, 2.45) is 23.2 Å². The van der Waals surface area contributed by atoms with E-state index in [0.717, 1.165) is 37.4 Å². The molecule has 2 N–H and O–H groups in total. The first-order chi connectivity index (χ1) is 18.2. The van der Waals surface area contributed by atoms with Crippen LogP contribution in [0.5, 0.6) is 5.75 Å². The maximum Gasteiger partial charge on any atom is 0.573 e. The Morgan fingerprint density at radius 3 is 2.47 bits per heavy atom. The Kier molecular flexibility index (Phi) is 7.40. The molecule has 5 atom stereocenters. The summed E-state index contributed by atoms with van der Waals surface area (Å²) in [5.74, 6) is 2.64. The molecule has 4 saturated carbocycles. The number of hydrogen-bond acceptors (Lipinski definition) is 7. The van der Waals surface area contributed by atoms with E-state index >= 15 is 0 Å². The lowest BCUT2D eigenvalue weighted by Gasteiger charge is -2.62. The third-order valence-electron chi connectivity index (χ3n) is 8.76. The fourth-order valence-corrected chi connectivity index (χ4v) is 7.63. The van der Waals surface area contributed by atoms with Crippen LogP contribution in [0.15, 0.2) is 30.5 Å². The van der Waals surface area contributed by atoms with Crippen LogP contribution in [0.3, 0.4) is 0 Å². The molecule has 6 rings (SSSR count). The fraction of sp³-hybridized carbons (Fsp3) is 0.607.